The summed E-state index contributed by atoms with van der Waals surface area (Å²) in [6.45, 7) is -1.49. The van der Waals surface area contributed by atoms with E-state index in [1.54, 1.807) is 6.92 Å². The van der Waals surface area contributed by atoms with Crippen molar-refractivity contribution in [3.05, 3.63) is 23.8 Å². The second-order valence-electron chi connectivity index (χ2n) is 4.33. The molecule has 0 aliphatic heterocycles. The normalized spacial score (nSPS) is 12.0. The Balaban J connectivity index is 2.98. The number of carbonyl (C=O) groups is 1. The lowest BCUT2D eigenvalue weighted by molar-refractivity contribution is -0.154. The quantitative estimate of drug-likeness (QED) is 0.805. The van der Waals surface area contributed by atoms with E-state index in [0.29, 0.717) is 0 Å². The lowest BCUT2D eigenvalue weighted by Crippen LogP contribution is -2.25. The molecular formula is C13H13F6NO3. The second-order valence-corrected chi connectivity index (χ2v) is 4.33. The molecule has 0 heterocycles. The largest absolute Gasteiger partial charge is 0.484 e. The zero-order valence-corrected chi connectivity index (χ0v) is 11.8. The summed E-state index contributed by atoms with van der Waals surface area (Å²) in [5.74, 6) is -1.52. The van der Waals surface area contributed by atoms with Gasteiger partial charge in [0.1, 0.15) is 11.5 Å². The van der Waals surface area contributed by atoms with Crippen LogP contribution in [-0.4, -0.2) is 38.0 Å². The first kappa shape index (κ1) is 18.9. The molecule has 0 aliphatic rings. The number of carbonyl (C=O) groups excluding carboxylic acids is 1. The first-order chi connectivity index (χ1) is 10.5. The molecule has 1 aromatic rings. The van der Waals surface area contributed by atoms with Crippen LogP contribution in [0.1, 0.15) is 17.3 Å². The van der Waals surface area contributed by atoms with Gasteiger partial charge in [-0.05, 0) is 25.1 Å². The summed E-state index contributed by atoms with van der Waals surface area (Å²) in [5.41, 5.74) is -0.351. The molecule has 23 heavy (non-hydrogen) atoms. The fraction of sp³-hybridized carbons (Fsp3) is 0.462. The highest BCUT2D eigenvalue weighted by atomic mass is 19.4. The third-order valence-corrected chi connectivity index (χ3v) is 2.33. The zero-order valence-electron chi connectivity index (χ0n) is 11.8. The van der Waals surface area contributed by atoms with E-state index >= 15 is 0 Å². The van der Waals surface area contributed by atoms with Gasteiger partial charge in [0.2, 0.25) is 0 Å². The Morgan fingerprint density at radius 3 is 2.13 bits per heavy atom. The Morgan fingerprint density at radius 2 is 1.61 bits per heavy atom. The lowest BCUT2D eigenvalue weighted by Gasteiger charge is -2.15. The minimum absolute atomic E-state index is 0.172. The summed E-state index contributed by atoms with van der Waals surface area (Å²) < 4.78 is 81.8. The van der Waals surface area contributed by atoms with Gasteiger partial charge in [0, 0.05) is 6.54 Å². The van der Waals surface area contributed by atoms with Crippen molar-refractivity contribution in [3.63, 3.8) is 0 Å². The fourth-order valence-electron chi connectivity index (χ4n) is 1.48. The second kappa shape index (κ2) is 7.42. The maximum atomic E-state index is 12.2. The molecule has 0 radical (unpaired) electrons. The maximum Gasteiger partial charge on any atom is 0.422 e. The van der Waals surface area contributed by atoms with Gasteiger partial charge in [-0.2, -0.15) is 26.3 Å². The number of ether oxygens (including phenoxy) is 2. The predicted molar refractivity (Wildman–Crippen MR) is 67.5 cm³/mol. The summed E-state index contributed by atoms with van der Waals surface area (Å²) in [5, 5.41) is 2.32. The molecule has 1 rings (SSSR count). The van der Waals surface area contributed by atoms with Gasteiger partial charge in [-0.3, -0.25) is 4.79 Å². The molecule has 0 atom stereocenters. The molecule has 0 spiro atoms. The van der Waals surface area contributed by atoms with Crippen molar-refractivity contribution in [2.45, 2.75) is 19.3 Å². The number of alkyl halides is 6. The third-order valence-electron chi connectivity index (χ3n) is 2.33. The van der Waals surface area contributed by atoms with Crippen molar-refractivity contribution in [2.75, 3.05) is 19.8 Å². The van der Waals surface area contributed by atoms with E-state index < -0.39 is 37.2 Å². The summed E-state index contributed by atoms with van der Waals surface area (Å²) in [6.07, 6.45) is -9.21. The molecule has 0 bridgehead atoms. The van der Waals surface area contributed by atoms with Gasteiger partial charge in [-0.1, -0.05) is 0 Å². The monoisotopic (exact) mass is 345 g/mol. The Hall–Kier alpha value is -2.13. The smallest absolute Gasteiger partial charge is 0.422 e. The van der Waals surface area contributed by atoms with Crippen LogP contribution in [0.25, 0.3) is 0 Å². The summed E-state index contributed by atoms with van der Waals surface area (Å²) in [4.78, 5) is 11.8. The van der Waals surface area contributed by atoms with Gasteiger partial charge in [-0.25, -0.2) is 0 Å². The van der Waals surface area contributed by atoms with E-state index in [1.807, 2.05) is 0 Å². The van der Waals surface area contributed by atoms with Gasteiger partial charge in [0.25, 0.3) is 5.91 Å². The van der Waals surface area contributed by atoms with Crippen LogP contribution in [-0.2, 0) is 0 Å². The molecule has 0 aliphatic carbocycles. The van der Waals surface area contributed by atoms with Gasteiger partial charge >= 0.3 is 12.4 Å². The Morgan fingerprint density at radius 1 is 1.04 bits per heavy atom. The molecule has 0 fully saturated rings. The highest BCUT2D eigenvalue weighted by Gasteiger charge is 2.30. The Kier molecular flexibility index (Phi) is 6.11. The SMILES string of the molecule is CCNC(=O)c1cc(OCC(F)(F)F)ccc1OCC(F)(F)F. The number of halogens is 6. The number of hydrogen-bond donors (Lipinski definition) is 1. The van der Waals surface area contributed by atoms with Crippen LogP contribution in [0, 0.1) is 0 Å². The minimum atomic E-state index is -4.62. The van der Waals surface area contributed by atoms with Crippen molar-refractivity contribution in [2.24, 2.45) is 0 Å². The molecule has 0 saturated heterocycles. The molecule has 1 N–H and O–H groups in total. The highest BCUT2D eigenvalue weighted by molar-refractivity contribution is 5.97. The minimum Gasteiger partial charge on any atom is -0.484 e. The lowest BCUT2D eigenvalue weighted by atomic mass is 10.1. The number of benzene rings is 1. The van der Waals surface area contributed by atoms with Crippen LogP contribution < -0.4 is 14.8 Å². The molecule has 10 heteroatoms. The Labute approximate surface area is 127 Å². The van der Waals surface area contributed by atoms with Crippen LogP contribution in [0.3, 0.4) is 0 Å². The summed E-state index contributed by atoms with van der Waals surface area (Å²) >= 11 is 0. The molecule has 0 saturated carbocycles. The van der Waals surface area contributed by atoms with Crippen LogP contribution in [0.2, 0.25) is 0 Å². The number of amides is 1. The molecular weight excluding hydrogens is 332 g/mol. The van der Waals surface area contributed by atoms with Crippen molar-refractivity contribution in [1.29, 1.82) is 0 Å². The van der Waals surface area contributed by atoms with Crippen molar-refractivity contribution in [3.8, 4) is 11.5 Å². The summed E-state index contributed by atoms with van der Waals surface area (Å²) in [7, 11) is 0. The van der Waals surface area contributed by atoms with Gasteiger partial charge < -0.3 is 14.8 Å². The third kappa shape index (κ3) is 7.11. The van der Waals surface area contributed by atoms with Crippen molar-refractivity contribution in [1.82, 2.24) is 5.32 Å². The molecule has 130 valence electrons. The zero-order chi connectivity index (χ0) is 17.7. The molecule has 1 amide bonds. The standard InChI is InChI=1S/C13H13F6NO3/c1-2-20-11(21)9-5-8(22-6-12(14,15)16)3-4-10(9)23-7-13(17,18)19/h3-5H,2,6-7H2,1H3,(H,20,21). The first-order valence-corrected chi connectivity index (χ1v) is 6.33. The molecule has 1 aromatic carbocycles. The number of hydrogen-bond acceptors (Lipinski definition) is 3. The van der Waals surface area contributed by atoms with E-state index in [1.165, 1.54) is 0 Å². The van der Waals surface area contributed by atoms with Gasteiger partial charge in [-0.15, -0.1) is 0 Å². The van der Waals surface area contributed by atoms with E-state index in [-0.39, 0.29) is 17.9 Å². The van der Waals surface area contributed by atoms with E-state index in [0.717, 1.165) is 18.2 Å². The fourth-order valence-corrected chi connectivity index (χ4v) is 1.48. The van der Waals surface area contributed by atoms with Crippen LogP contribution in [0.4, 0.5) is 26.3 Å². The molecule has 0 unspecified atom stereocenters. The topological polar surface area (TPSA) is 47.6 Å². The average molecular weight is 345 g/mol. The number of nitrogens with one attached hydrogen (secondary N) is 1. The van der Waals surface area contributed by atoms with Crippen LogP contribution >= 0.6 is 0 Å². The van der Waals surface area contributed by atoms with Crippen LogP contribution in [0.5, 0.6) is 11.5 Å². The number of rotatable bonds is 6. The van der Waals surface area contributed by atoms with Crippen LogP contribution in [0.15, 0.2) is 18.2 Å². The van der Waals surface area contributed by atoms with E-state index in [4.69, 9.17) is 0 Å². The average Bonchev–Trinajstić information content (AvgIpc) is 2.42. The predicted octanol–water partition coefficient (Wildman–Crippen LogP) is 3.32. The van der Waals surface area contributed by atoms with E-state index in [9.17, 15) is 31.1 Å². The maximum absolute atomic E-state index is 12.2. The van der Waals surface area contributed by atoms with Gasteiger partial charge in [0.05, 0.1) is 5.56 Å². The van der Waals surface area contributed by atoms with Crippen molar-refractivity contribution < 1.29 is 40.6 Å². The summed E-state index contributed by atoms with van der Waals surface area (Å²) in [6, 6.07) is 2.82. The highest BCUT2D eigenvalue weighted by Crippen LogP contribution is 2.27. The van der Waals surface area contributed by atoms with Crippen molar-refractivity contribution >= 4 is 5.91 Å². The van der Waals surface area contributed by atoms with E-state index in [2.05, 4.69) is 14.8 Å². The first-order valence-electron chi connectivity index (χ1n) is 6.33. The molecule has 4 nitrogen and oxygen atoms in total. The Bertz CT molecular complexity index is 541. The van der Waals surface area contributed by atoms with Gasteiger partial charge in [0.15, 0.2) is 13.2 Å². The molecule has 0 aromatic heterocycles.